The first kappa shape index (κ1) is 16.4. The molecule has 0 spiro atoms. The Morgan fingerprint density at radius 1 is 1.27 bits per heavy atom. The van der Waals surface area contributed by atoms with Crippen molar-refractivity contribution in [3.63, 3.8) is 0 Å². The predicted octanol–water partition coefficient (Wildman–Crippen LogP) is 1.56. The van der Waals surface area contributed by atoms with Crippen LogP contribution in [0.2, 0.25) is 0 Å². The van der Waals surface area contributed by atoms with E-state index in [0.717, 1.165) is 26.2 Å². The number of piperazine rings is 1. The number of carbonyl (C=O) groups is 1. The van der Waals surface area contributed by atoms with Gasteiger partial charge in [-0.1, -0.05) is 12.1 Å². The highest BCUT2D eigenvalue weighted by molar-refractivity contribution is 5.94. The predicted molar refractivity (Wildman–Crippen MR) is 84.9 cm³/mol. The minimum atomic E-state index is -0.489. The molecule has 0 atom stereocenters. The number of hydrogen-bond donors (Lipinski definition) is 1. The molecule has 1 fully saturated rings. The molecule has 0 bridgehead atoms. The lowest BCUT2D eigenvalue weighted by Crippen LogP contribution is -2.50. The molecule has 1 aliphatic heterocycles. The van der Waals surface area contributed by atoms with Crippen molar-refractivity contribution >= 4 is 17.3 Å². The van der Waals surface area contributed by atoms with E-state index in [9.17, 15) is 14.9 Å². The van der Waals surface area contributed by atoms with Gasteiger partial charge < -0.3 is 5.32 Å². The lowest BCUT2D eigenvalue weighted by atomic mass is 10.2. The van der Waals surface area contributed by atoms with Gasteiger partial charge in [0, 0.05) is 38.3 Å². The van der Waals surface area contributed by atoms with Crippen molar-refractivity contribution < 1.29 is 9.72 Å². The lowest BCUT2D eigenvalue weighted by molar-refractivity contribution is -0.383. The molecule has 2 rings (SSSR count). The van der Waals surface area contributed by atoms with Gasteiger partial charge in [0.15, 0.2) is 0 Å². The minimum Gasteiger partial charge on any atom is -0.319 e. The number of hydrogen-bond acceptors (Lipinski definition) is 5. The summed E-state index contributed by atoms with van der Waals surface area (Å²) in [5, 5.41) is 13.6. The Kier molecular flexibility index (Phi) is 5.46. The van der Waals surface area contributed by atoms with Crippen LogP contribution in [-0.4, -0.2) is 59.4 Å². The van der Waals surface area contributed by atoms with Crippen LogP contribution in [0.15, 0.2) is 24.3 Å². The number of nitrogens with one attached hydrogen (secondary N) is 1. The molecule has 1 N–H and O–H groups in total. The van der Waals surface area contributed by atoms with Crippen molar-refractivity contribution in [2.75, 3.05) is 38.0 Å². The quantitative estimate of drug-likeness (QED) is 0.660. The fraction of sp³-hybridized carbons (Fsp3) is 0.533. The highest BCUT2D eigenvalue weighted by Crippen LogP contribution is 2.23. The van der Waals surface area contributed by atoms with Crippen LogP contribution in [0.25, 0.3) is 0 Å². The third kappa shape index (κ3) is 4.25. The average molecular weight is 306 g/mol. The van der Waals surface area contributed by atoms with Gasteiger partial charge in [0.05, 0.1) is 11.5 Å². The average Bonchev–Trinajstić information content (AvgIpc) is 2.48. The van der Waals surface area contributed by atoms with Crippen molar-refractivity contribution in [3.05, 3.63) is 34.4 Å². The molecule has 0 aromatic heterocycles. The summed E-state index contributed by atoms with van der Waals surface area (Å²) in [6, 6.07) is 6.70. The van der Waals surface area contributed by atoms with Gasteiger partial charge in [-0.15, -0.1) is 0 Å². The second-order valence-corrected chi connectivity index (χ2v) is 5.73. The number of nitro benzene ring substituents is 1. The van der Waals surface area contributed by atoms with E-state index in [1.807, 2.05) is 0 Å². The summed E-state index contributed by atoms with van der Waals surface area (Å²) in [4.78, 5) is 27.0. The topological polar surface area (TPSA) is 78.7 Å². The van der Waals surface area contributed by atoms with Gasteiger partial charge in [-0.25, -0.2) is 0 Å². The third-order valence-electron chi connectivity index (χ3n) is 3.88. The van der Waals surface area contributed by atoms with E-state index in [-0.39, 0.29) is 23.8 Å². The number of carbonyl (C=O) groups excluding carboxylic acids is 1. The van der Waals surface area contributed by atoms with Crippen LogP contribution in [-0.2, 0) is 4.79 Å². The monoisotopic (exact) mass is 306 g/mol. The van der Waals surface area contributed by atoms with Crippen LogP contribution < -0.4 is 5.32 Å². The standard InChI is InChI=1S/C15H22N4O3/c1-12(2)18-9-7-17(8-10-18)11-15(20)16-13-5-3-4-6-14(13)19(21)22/h3-6,12H,7-11H2,1-2H3,(H,16,20). The maximum atomic E-state index is 12.1. The second-order valence-electron chi connectivity index (χ2n) is 5.73. The van der Waals surface area contributed by atoms with E-state index in [1.54, 1.807) is 18.2 Å². The number of nitro groups is 1. The van der Waals surface area contributed by atoms with Gasteiger partial charge in [-0.05, 0) is 19.9 Å². The maximum Gasteiger partial charge on any atom is 0.292 e. The van der Waals surface area contributed by atoms with Crippen LogP contribution in [0.1, 0.15) is 13.8 Å². The van der Waals surface area contributed by atoms with E-state index >= 15 is 0 Å². The van der Waals surface area contributed by atoms with Crippen LogP contribution in [0.4, 0.5) is 11.4 Å². The summed E-state index contributed by atoms with van der Waals surface area (Å²) in [6.07, 6.45) is 0. The lowest BCUT2D eigenvalue weighted by Gasteiger charge is -2.36. The van der Waals surface area contributed by atoms with Gasteiger partial charge in [0.25, 0.3) is 5.69 Å². The fourth-order valence-corrected chi connectivity index (χ4v) is 2.57. The zero-order chi connectivity index (χ0) is 16.1. The van der Waals surface area contributed by atoms with Crippen molar-refractivity contribution in [3.8, 4) is 0 Å². The van der Waals surface area contributed by atoms with Crippen molar-refractivity contribution in [1.82, 2.24) is 9.80 Å². The molecular weight excluding hydrogens is 284 g/mol. The Morgan fingerprint density at radius 2 is 1.91 bits per heavy atom. The largest absolute Gasteiger partial charge is 0.319 e. The zero-order valence-electron chi connectivity index (χ0n) is 13.0. The minimum absolute atomic E-state index is 0.0829. The number of rotatable bonds is 5. The van der Waals surface area contributed by atoms with Crippen LogP contribution in [0.5, 0.6) is 0 Å². The molecule has 1 aromatic rings. The highest BCUT2D eigenvalue weighted by Gasteiger charge is 2.21. The highest BCUT2D eigenvalue weighted by atomic mass is 16.6. The molecule has 0 radical (unpaired) electrons. The summed E-state index contributed by atoms with van der Waals surface area (Å²) >= 11 is 0. The number of para-hydroxylation sites is 2. The summed E-state index contributed by atoms with van der Waals surface area (Å²) in [6.45, 7) is 8.14. The van der Waals surface area contributed by atoms with E-state index < -0.39 is 4.92 Å². The van der Waals surface area contributed by atoms with Crippen molar-refractivity contribution in [1.29, 1.82) is 0 Å². The maximum absolute atomic E-state index is 12.1. The Balaban J connectivity index is 1.88. The Hall–Kier alpha value is -1.99. The van der Waals surface area contributed by atoms with Crippen molar-refractivity contribution in [2.45, 2.75) is 19.9 Å². The van der Waals surface area contributed by atoms with E-state index in [4.69, 9.17) is 0 Å². The summed E-state index contributed by atoms with van der Waals surface area (Å²) in [5.74, 6) is -0.215. The number of amides is 1. The summed E-state index contributed by atoms with van der Waals surface area (Å²) < 4.78 is 0. The first-order chi connectivity index (χ1) is 10.5. The third-order valence-corrected chi connectivity index (χ3v) is 3.88. The molecule has 0 unspecified atom stereocenters. The SMILES string of the molecule is CC(C)N1CCN(CC(=O)Nc2ccccc2[N+](=O)[O-])CC1. The molecule has 0 saturated carbocycles. The van der Waals surface area contributed by atoms with Crippen molar-refractivity contribution in [2.24, 2.45) is 0 Å². The molecule has 1 aromatic carbocycles. The first-order valence-corrected chi connectivity index (χ1v) is 7.47. The van der Waals surface area contributed by atoms with Gasteiger partial charge in [0.2, 0.25) is 5.91 Å². The second kappa shape index (κ2) is 7.33. The molecule has 1 amide bonds. The molecule has 1 saturated heterocycles. The summed E-state index contributed by atoms with van der Waals surface area (Å²) in [5.41, 5.74) is 0.166. The van der Waals surface area contributed by atoms with Crippen LogP contribution >= 0.6 is 0 Å². The van der Waals surface area contributed by atoms with Gasteiger partial charge in [-0.2, -0.15) is 0 Å². The van der Waals surface area contributed by atoms with Crippen LogP contribution in [0.3, 0.4) is 0 Å². The molecule has 1 heterocycles. The number of anilines is 1. The molecule has 1 aliphatic rings. The van der Waals surface area contributed by atoms with E-state index in [2.05, 4.69) is 29.0 Å². The Bertz CT molecular complexity index is 539. The zero-order valence-corrected chi connectivity index (χ0v) is 13.0. The number of nitrogens with zero attached hydrogens (tertiary/aromatic N) is 3. The van der Waals surface area contributed by atoms with Gasteiger partial charge in [-0.3, -0.25) is 24.7 Å². The van der Waals surface area contributed by atoms with E-state index in [1.165, 1.54) is 6.07 Å². The van der Waals surface area contributed by atoms with E-state index in [0.29, 0.717) is 6.04 Å². The van der Waals surface area contributed by atoms with Gasteiger partial charge >= 0.3 is 0 Å². The van der Waals surface area contributed by atoms with Crippen LogP contribution in [0, 0.1) is 10.1 Å². The molecule has 0 aliphatic carbocycles. The summed E-state index contributed by atoms with van der Waals surface area (Å²) in [7, 11) is 0. The Morgan fingerprint density at radius 3 is 2.50 bits per heavy atom. The normalized spacial score (nSPS) is 16.7. The molecule has 7 nitrogen and oxygen atoms in total. The smallest absolute Gasteiger partial charge is 0.292 e. The van der Waals surface area contributed by atoms with Gasteiger partial charge in [0.1, 0.15) is 5.69 Å². The molecular formula is C15H22N4O3. The molecule has 22 heavy (non-hydrogen) atoms. The molecule has 7 heteroatoms. The number of benzene rings is 1. The Labute approximate surface area is 130 Å². The fourth-order valence-electron chi connectivity index (χ4n) is 2.57. The molecule has 120 valence electrons. The first-order valence-electron chi connectivity index (χ1n) is 7.47.